The van der Waals surface area contributed by atoms with Crippen molar-refractivity contribution >= 4 is 11.9 Å². The van der Waals surface area contributed by atoms with Crippen molar-refractivity contribution in [1.29, 1.82) is 0 Å². The highest BCUT2D eigenvalue weighted by Gasteiger charge is 2.38. The summed E-state index contributed by atoms with van der Waals surface area (Å²) in [6, 6.07) is 2.20. The Balaban J connectivity index is 2.02. The Bertz CT molecular complexity index is 526. The van der Waals surface area contributed by atoms with Crippen molar-refractivity contribution in [2.75, 3.05) is 13.1 Å². The van der Waals surface area contributed by atoms with Crippen LogP contribution in [0.4, 0.5) is 0 Å². The molecule has 2 atom stereocenters. The van der Waals surface area contributed by atoms with Crippen LogP contribution in [0, 0.1) is 11.8 Å². The van der Waals surface area contributed by atoms with Gasteiger partial charge in [-0.05, 0) is 32.9 Å². The molecule has 0 bridgehead atoms. The zero-order chi connectivity index (χ0) is 15.6. The Morgan fingerprint density at radius 2 is 2.00 bits per heavy atom. The van der Waals surface area contributed by atoms with Gasteiger partial charge in [-0.25, -0.2) is 0 Å². The molecular formula is C14H21N3O4. The molecule has 2 unspecified atom stereocenters. The molecule has 2 N–H and O–H groups in total. The number of aromatic nitrogens is 2. The molecule has 0 radical (unpaired) electrons. The van der Waals surface area contributed by atoms with E-state index < -0.39 is 23.8 Å². The van der Waals surface area contributed by atoms with E-state index in [1.165, 1.54) is 0 Å². The first kappa shape index (κ1) is 15.5. The third-order valence-corrected chi connectivity index (χ3v) is 3.91. The van der Waals surface area contributed by atoms with Crippen molar-refractivity contribution in [2.45, 2.75) is 32.9 Å². The number of piperidine rings is 1. The van der Waals surface area contributed by atoms with Crippen molar-refractivity contribution in [3.63, 3.8) is 0 Å². The molecule has 0 saturated carbocycles. The average molecular weight is 295 g/mol. The maximum atomic E-state index is 11.3. The fourth-order valence-electron chi connectivity index (χ4n) is 2.69. The maximum absolute atomic E-state index is 11.3. The lowest BCUT2D eigenvalue weighted by atomic mass is 9.85. The highest BCUT2D eigenvalue weighted by atomic mass is 16.4. The van der Waals surface area contributed by atoms with E-state index >= 15 is 0 Å². The number of hydrogen-bond acceptors (Lipinski definition) is 4. The largest absolute Gasteiger partial charge is 0.481 e. The van der Waals surface area contributed by atoms with Crippen LogP contribution in [0.5, 0.6) is 0 Å². The Labute approximate surface area is 123 Å². The second kappa shape index (κ2) is 6.26. The number of nitrogens with zero attached hydrogens (tertiary/aromatic N) is 3. The number of aliphatic carboxylic acids is 2. The summed E-state index contributed by atoms with van der Waals surface area (Å²) in [5.41, 5.74) is 0.876. The summed E-state index contributed by atoms with van der Waals surface area (Å²) in [7, 11) is 0. The van der Waals surface area contributed by atoms with E-state index in [1.54, 1.807) is 0 Å². The van der Waals surface area contributed by atoms with Gasteiger partial charge in [0.2, 0.25) is 0 Å². The Hall–Kier alpha value is -1.89. The third-order valence-electron chi connectivity index (χ3n) is 3.91. The first-order valence-corrected chi connectivity index (χ1v) is 7.10. The first-order valence-electron chi connectivity index (χ1n) is 7.10. The molecule has 1 aromatic rings. The van der Waals surface area contributed by atoms with Gasteiger partial charge in [-0.1, -0.05) is 0 Å². The van der Waals surface area contributed by atoms with Crippen molar-refractivity contribution in [3.05, 3.63) is 18.0 Å². The smallest absolute Gasteiger partial charge is 0.308 e. The fraction of sp³-hybridized carbons (Fsp3) is 0.643. The average Bonchev–Trinajstić information content (AvgIpc) is 2.87. The third kappa shape index (κ3) is 3.60. The van der Waals surface area contributed by atoms with Crippen LogP contribution < -0.4 is 0 Å². The molecule has 7 heteroatoms. The summed E-state index contributed by atoms with van der Waals surface area (Å²) < 4.78 is 1.86. The second-order valence-corrected chi connectivity index (χ2v) is 5.79. The highest BCUT2D eigenvalue weighted by molar-refractivity contribution is 5.80. The number of carboxylic acids is 2. The van der Waals surface area contributed by atoms with Crippen LogP contribution in [0.15, 0.2) is 12.3 Å². The molecule has 0 aliphatic carbocycles. The molecule has 7 nitrogen and oxygen atoms in total. The lowest BCUT2D eigenvalue weighted by molar-refractivity contribution is -0.157. The molecule has 2 heterocycles. The van der Waals surface area contributed by atoms with Gasteiger partial charge in [-0.15, -0.1) is 0 Å². The summed E-state index contributed by atoms with van der Waals surface area (Å²) in [4.78, 5) is 24.3. The molecule has 116 valence electrons. The molecule has 1 aliphatic rings. The lowest BCUT2D eigenvalue weighted by Gasteiger charge is -2.34. The van der Waals surface area contributed by atoms with E-state index in [9.17, 15) is 14.7 Å². The predicted octanol–water partition coefficient (Wildman–Crippen LogP) is 1.07. The zero-order valence-electron chi connectivity index (χ0n) is 12.3. The van der Waals surface area contributed by atoms with Gasteiger partial charge < -0.3 is 10.2 Å². The molecule has 0 spiro atoms. The van der Waals surface area contributed by atoms with Gasteiger partial charge in [0.1, 0.15) is 0 Å². The van der Waals surface area contributed by atoms with Crippen molar-refractivity contribution < 1.29 is 19.8 Å². The molecule has 0 amide bonds. The van der Waals surface area contributed by atoms with Crippen LogP contribution in [-0.4, -0.2) is 49.9 Å². The van der Waals surface area contributed by atoms with Gasteiger partial charge in [-0.2, -0.15) is 5.10 Å². The number of hydrogen-bond donors (Lipinski definition) is 2. The van der Waals surface area contributed by atoms with E-state index in [4.69, 9.17) is 5.11 Å². The second-order valence-electron chi connectivity index (χ2n) is 5.79. The summed E-state index contributed by atoms with van der Waals surface area (Å²) in [6.07, 6.45) is 2.26. The SMILES string of the molecule is CC(C)n1ccc(CN2CCC(C(=O)O)C(C(=O)O)C2)n1. The van der Waals surface area contributed by atoms with E-state index in [-0.39, 0.29) is 12.6 Å². The van der Waals surface area contributed by atoms with Gasteiger partial charge in [0, 0.05) is 25.3 Å². The molecule has 2 rings (SSSR count). The molecule has 1 saturated heterocycles. The number of likely N-dealkylation sites (tertiary alicyclic amines) is 1. The van der Waals surface area contributed by atoms with Crippen LogP contribution in [0.3, 0.4) is 0 Å². The minimum Gasteiger partial charge on any atom is -0.481 e. The fourth-order valence-corrected chi connectivity index (χ4v) is 2.69. The van der Waals surface area contributed by atoms with Gasteiger partial charge in [0.25, 0.3) is 0 Å². The van der Waals surface area contributed by atoms with Crippen LogP contribution in [0.2, 0.25) is 0 Å². The number of carbonyl (C=O) groups is 2. The van der Waals surface area contributed by atoms with Crippen LogP contribution in [-0.2, 0) is 16.1 Å². The van der Waals surface area contributed by atoms with Crippen LogP contribution >= 0.6 is 0 Å². The Morgan fingerprint density at radius 3 is 2.52 bits per heavy atom. The summed E-state index contributed by atoms with van der Waals surface area (Å²) >= 11 is 0. The maximum Gasteiger partial charge on any atom is 0.308 e. The molecule has 0 aromatic carbocycles. The normalized spacial score (nSPS) is 23.4. The first-order chi connectivity index (χ1) is 9.88. The van der Waals surface area contributed by atoms with Crippen molar-refractivity contribution in [1.82, 2.24) is 14.7 Å². The highest BCUT2D eigenvalue weighted by Crippen LogP contribution is 2.25. The van der Waals surface area contributed by atoms with E-state index in [1.807, 2.05) is 35.7 Å². The quantitative estimate of drug-likeness (QED) is 0.843. The standard InChI is InChI=1S/C14H21N3O4/c1-9(2)17-6-3-10(15-17)7-16-5-4-11(13(18)19)12(8-16)14(20)21/h3,6,9,11-12H,4-5,7-8H2,1-2H3,(H,18,19)(H,20,21). The van der Waals surface area contributed by atoms with Gasteiger partial charge in [-0.3, -0.25) is 19.2 Å². The predicted molar refractivity (Wildman–Crippen MR) is 74.8 cm³/mol. The minimum atomic E-state index is -1.04. The summed E-state index contributed by atoms with van der Waals surface area (Å²) in [5, 5.41) is 22.7. The van der Waals surface area contributed by atoms with Crippen LogP contribution in [0.25, 0.3) is 0 Å². The summed E-state index contributed by atoms with van der Waals surface area (Å²) in [5.74, 6) is -3.72. The number of rotatable bonds is 5. The number of carboxylic acid groups (broad SMARTS) is 2. The molecule has 1 fully saturated rings. The minimum absolute atomic E-state index is 0.251. The van der Waals surface area contributed by atoms with Gasteiger partial charge in [0.05, 0.1) is 17.5 Å². The monoisotopic (exact) mass is 295 g/mol. The Kier molecular flexibility index (Phi) is 4.62. The Morgan fingerprint density at radius 1 is 1.33 bits per heavy atom. The lowest BCUT2D eigenvalue weighted by Crippen LogP contribution is -2.46. The molecule has 1 aliphatic heterocycles. The molecule has 21 heavy (non-hydrogen) atoms. The summed E-state index contributed by atoms with van der Waals surface area (Å²) in [6.45, 7) is 5.46. The van der Waals surface area contributed by atoms with E-state index in [0.29, 0.717) is 19.5 Å². The van der Waals surface area contributed by atoms with E-state index in [2.05, 4.69) is 5.10 Å². The van der Waals surface area contributed by atoms with Gasteiger partial charge >= 0.3 is 11.9 Å². The topological polar surface area (TPSA) is 95.7 Å². The van der Waals surface area contributed by atoms with Gasteiger partial charge in [0.15, 0.2) is 0 Å². The molecular weight excluding hydrogens is 274 g/mol. The zero-order valence-corrected chi connectivity index (χ0v) is 12.3. The van der Waals surface area contributed by atoms with E-state index in [0.717, 1.165) is 5.69 Å². The van der Waals surface area contributed by atoms with Crippen molar-refractivity contribution in [3.8, 4) is 0 Å². The van der Waals surface area contributed by atoms with Crippen LogP contribution in [0.1, 0.15) is 32.0 Å². The molecule has 1 aromatic heterocycles. The van der Waals surface area contributed by atoms with Crippen molar-refractivity contribution in [2.24, 2.45) is 11.8 Å².